The number of aliphatic imine (C=N–C) groups is 4. The number of nitrogens with zero attached hydrogens (tertiary/aromatic N) is 4. The molecule has 3 amide bonds. The number of nitrogens with one attached hydrogen (secondary N) is 3. The lowest BCUT2D eigenvalue weighted by atomic mass is 9.90. The fraction of sp³-hybridized carbons (Fsp3) is 0.576. The summed E-state index contributed by atoms with van der Waals surface area (Å²) < 4.78 is 5.15. The minimum Gasteiger partial charge on any atom is -0.448 e. The molecule has 0 saturated carbocycles. The van der Waals surface area contributed by atoms with Crippen LogP contribution in [0.2, 0.25) is 51.4 Å². The number of carbonyl (C=O) groups excluding carboxylic acids is 4. The first-order valence-electron chi connectivity index (χ1n) is 16.4. The molecule has 0 aliphatic carbocycles. The first kappa shape index (κ1) is 37.7. The number of amides is 3. The third-order valence-electron chi connectivity index (χ3n) is 7.61. The van der Waals surface area contributed by atoms with E-state index in [9.17, 15) is 19.2 Å². The quantitative estimate of drug-likeness (QED) is 0.156. The van der Waals surface area contributed by atoms with Gasteiger partial charge in [0.15, 0.2) is 17.7 Å². The van der Waals surface area contributed by atoms with Gasteiger partial charge in [-0.1, -0.05) is 59.6 Å². The van der Waals surface area contributed by atoms with Crippen molar-refractivity contribution in [2.75, 3.05) is 25.0 Å². The second-order valence-electron chi connectivity index (χ2n) is 14.9. The molecule has 0 saturated heterocycles. The third-order valence-corrected chi connectivity index (χ3v) is 11.1. The molecule has 47 heavy (non-hydrogen) atoms. The lowest BCUT2D eigenvalue weighted by Crippen LogP contribution is -2.48. The Morgan fingerprint density at radius 3 is 2.32 bits per heavy atom. The number of ketones is 1. The van der Waals surface area contributed by atoms with E-state index in [1.807, 2.05) is 0 Å². The maximum Gasteiger partial charge on any atom is 0.436 e. The van der Waals surface area contributed by atoms with Crippen LogP contribution in [-0.4, -0.2) is 89.3 Å². The molecular formula is C33H51N7O5Si2. The van der Waals surface area contributed by atoms with Crippen LogP contribution in [0.3, 0.4) is 0 Å². The van der Waals surface area contributed by atoms with Crippen LogP contribution in [0.4, 0.5) is 10.5 Å². The molecule has 1 aromatic rings. The molecule has 0 spiro atoms. The van der Waals surface area contributed by atoms with Crippen LogP contribution in [0.25, 0.3) is 0 Å². The number of hydrogen-bond acceptors (Lipinski definition) is 8. The Kier molecular flexibility index (Phi) is 13.5. The number of rotatable bonds is 16. The number of amidine groups is 1. The smallest absolute Gasteiger partial charge is 0.436 e. The SMILES string of the molecule is CC(C)CC[C@H](CC(=O)c1ccc(NCC2=NC3C(=O)NC(=NC(=O)OCC[Si](C)(C)C)N=C3N=C2)cc1)C(=O)NCC[Si](C)(C)C. The summed E-state index contributed by atoms with van der Waals surface area (Å²) in [6, 6.07) is 7.97. The van der Waals surface area contributed by atoms with Crippen molar-refractivity contribution in [3.05, 3.63) is 29.8 Å². The number of anilines is 1. The normalized spacial score (nSPS) is 17.8. The summed E-state index contributed by atoms with van der Waals surface area (Å²) in [7, 11) is -2.63. The van der Waals surface area contributed by atoms with Gasteiger partial charge in [-0.2, -0.15) is 4.99 Å². The molecule has 2 heterocycles. The topological polar surface area (TPSA) is 163 Å². The van der Waals surface area contributed by atoms with Gasteiger partial charge in [0.25, 0.3) is 5.91 Å². The molecule has 0 aromatic heterocycles. The van der Waals surface area contributed by atoms with E-state index in [0.29, 0.717) is 30.2 Å². The van der Waals surface area contributed by atoms with Crippen molar-refractivity contribution in [3.63, 3.8) is 0 Å². The van der Waals surface area contributed by atoms with Crippen molar-refractivity contribution in [2.45, 2.75) is 90.5 Å². The molecule has 2 aliphatic heterocycles. The highest BCUT2D eigenvalue weighted by Gasteiger charge is 2.32. The predicted octanol–water partition coefficient (Wildman–Crippen LogP) is 5.43. The van der Waals surface area contributed by atoms with Gasteiger partial charge < -0.3 is 15.4 Å². The van der Waals surface area contributed by atoms with E-state index in [4.69, 9.17) is 4.74 Å². The molecule has 3 rings (SSSR count). The van der Waals surface area contributed by atoms with E-state index >= 15 is 0 Å². The molecule has 256 valence electrons. The Bertz CT molecular complexity index is 1420. The maximum atomic E-state index is 13.2. The van der Waals surface area contributed by atoms with E-state index in [0.717, 1.165) is 24.2 Å². The van der Waals surface area contributed by atoms with Crippen LogP contribution in [0, 0.1) is 11.8 Å². The van der Waals surface area contributed by atoms with Gasteiger partial charge in [0.2, 0.25) is 11.9 Å². The van der Waals surface area contributed by atoms with E-state index in [-0.39, 0.29) is 49.0 Å². The van der Waals surface area contributed by atoms with Crippen LogP contribution in [0.15, 0.2) is 44.2 Å². The fourth-order valence-electron chi connectivity index (χ4n) is 4.63. The van der Waals surface area contributed by atoms with E-state index < -0.39 is 34.2 Å². The fourth-order valence-corrected chi connectivity index (χ4v) is 6.22. The van der Waals surface area contributed by atoms with Gasteiger partial charge in [-0.15, -0.1) is 4.99 Å². The number of carbonyl (C=O) groups is 4. The summed E-state index contributed by atoms with van der Waals surface area (Å²) in [5.41, 5.74) is 1.84. The van der Waals surface area contributed by atoms with Crippen LogP contribution < -0.4 is 16.0 Å². The highest BCUT2D eigenvalue weighted by molar-refractivity contribution is 6.76. The van der Waals surface area contributed by atoms with Gasteiger partial charge in [-0.25, -0.2) is 9.79 Å². The average Bonchev–Trinajstić information content (AvgIpc) is 2.97. The van der Waals surface area contributed by atoms with E-state index in [1.54, 1.807) is 24.3 Å². The molecule has 0 bridgehead atoms. The molecule has 2 aliphatic rings. The zero-order valence-electron chi connectivity index (χ0n) is 29.1. The van der Waals surface area contributed by atoms with Gasteiger partial charge in [-0.3, -0.25) is 24.7 Å². The van der Waals surface area contributed by atoms with E-state index in [1.165, 1.54) is 6.21 Å². The predicted molar refractivity (Wildman–Crippen MR) is 195 cm³/mol. The zero-order valence-corrected chi connectivity index (χ0v) is 31.1. The van der Waals surface area contributed by atoms with Gasteiger partial charge in [0.05, 0.1) is 25.1 Å². The number of Topliss-reactive ketones (excluding diaryl/α,β-unsaturated/α-hetero) is 1. The van der Waals surface area contributed by atoms with Crippen molar-refractivity contribution in [1.29, 1.82) is 0 Å². The second kappa shape index (κ2) is 16.9. The van der Waals surface area contributed by atoms with E-state index in [2.05, 4.69) is 89.0 Å². The molecule has 14 heteroatoms. The van der Waals surface area contributed by atoms with Crippen LogP contribution in [0.1, 0.15) is 43.5 Å². The van der Waals surface area contributed by atoms with Crippen molar-refractivity contribution >= 4 is 69.2 Å². The number of guanidine groups is 1. The Labute approximate surface area is 280 Å². The Balaban J connectivity index is 1.54. The number of fused-ring (bicyclic) bond motifs is 1. The molecular weight excluding hydrogens is 631 g/mol. The van der Waals surface area contributed by atoms with Crippen molar-refractivity contribution in [2.24, 2.45) is 31.8 Å². The number of benzene rings is 1. The summed E-state index contributed by atoms with van der Waals surface area (Å²) in [4.78, 5) is 67.6. The molecule has 1 unspecified atom stereocenters. The average molecular weight is 682 g/mol. The van der Waals surface area contributed by atoms with Gasteiger partial charge >= 0.3 is 6.09 Å². The lowest BCUT2D eigenvalue weighted by Gasteiger charge is -2.21. The van der Waals surface area contributed by atoms with Crippen molar-refractivity contribution in [3.8, 4) is 0 Å². The molecule has 0 fully saturated rings. The highest BCUT2D eigenvalue weighted by Crippen LogP contribution is 2.20. The summed E-state index contributed by atoms with van der Waals surface area (Å²) in [5.74, 6) is -0.519. The second-order valence-corrected chi connectivity index (χ2v) is 26.2. The van der Waals surface area contributed by atoms with Crippen LogP contribution in [0.5, 0.6) is 0 Å². The summed E-state index contributed by atoms with van der Waals surface area (Å²) >= 11 is 0. The first-order chi connectivity index (χ1) is 22.0. The standard InChI is InChI=1S/C33H51N7O5Si2/c1-22(2)9-10-24(30(42)34-15-17-46(3,4)5)19-27(41)23-11-13-25(14-12-23)35-20-26-21-36-29-28(37-26)31(43)39-32(38-29)40-33(44)45-16-18-47(6,7)8/h11-14,21-22,24,28,35H,9-10,15-20H2,1-8H3,(H,34,42)(H,39,40,43,44)/t24-,28?/m1/s1. The molecule has 0 radical (unpaired) electrons. The van der Waals surface area contributed by atoms with Gasteiger partial charge in [0.1, 0.15) is 0 Å². The lowest BCUT2D eigenvalue weighted by molar-refractivity contribution is -0.125. The molecule has 1 aromatic carbocycles. The minimum absolute atomic E-state index is 0.0378. The molecule has 12 nitrogen and oxygen atoms in total. The third kappa shape index (κ3) is 13.5. The van der Waals surface area contributed by atoms with Crippen LogP contribution in [-0.2, 0) is 14.3 Å². The summed E-state index contributed by atoms with van der Waals surface area (Å²) in [6.07, 6.45) is 2.43. The Hall–Kier alpha value is -3.79. The Morgan fingerprint density at radius 1 is 1.00 bits per heavy atom. The Morgan fingerprint density at radius 2 is 1.68 bits per heavy atom. The summed E-state index contributed by atoms with van der Waals surface area (Å²) in [5, 5.41) is 8.80. The minimum atomic E-state index is -1.36. The largest absolute Gasteiger partial charge is 0.448 e. The maximum absolute atomic E-state index is 13.2. The van der Waals surface area contributed by atoms with Gasteiger partial charge in [0, 0.05) is 46.3 Å². The monoisotopic (exact) mass is 681 g/mol. The highest BCUT2D eigenvalue weighted by atomic mass is 28.3. The first-order valence-corrected chi connectivity index (χ1v) is 23.8. The summed E-state index contributed by atoms with van der Waals surface area (Å²) in [6.45, 7) is 18.8. The zero-order chi connectivity index (χ0) is 34.8. The van der Waals surface area contributed by atoms with Crippen molar-refractivity contribution in [1.82, 2.24) is 10.6 Å². The van der Waals surface area contributed by atoms with Gasteiger partial charge in [-0.05, 0) is 48.7 Å². The molecule has 2 atom stereocenters. The van der Waals surface area contributed by atoms with Crippen molar-refractivity contribution < 1.29 is 23.9 Å². The van der Waals surface area contributed by atoms with Crippen LogP contribution >= 0.6 is 0 Å². The number of ether oxygens (including phenoxy) is 1. The number of hydrogen-bond donors (Lipinski definition) is 3. The molecule has 3 N–H and O–H groups in total.